The predicted molar refractivity (Wildman–Crippen MR) is 85.7 cm³/mol. The van der Waals surface area contributed by atoms with E-state index in [-0.39, 0.29) is 0 Å². The van der Waals surface area contributed by atoms with Crippen LogP contribution < -0.4 is 0 Å². The van der Waals surface area contributed by atoms with E-state index in [9.17, 15) is 9.90 Å². The third-order valence-electron chi connectivity index (χ3n) is 4.34. The molecule has 0 aliphatic carbocycles. The Morgan fingerprint density at radius 1 is 1.10 bits per heavy atom. The first kappa shape index (κ1) is 15.3. The molecule has 0 heterocycles. The van der Waals surface area contributed by atoms with Crippen LogP contribution in [0.25, 0.3) is 0 Å². The van der Waals surface area contributed by atoms with Gasteiger partial charge in [-0.1, -0.05) is 61.0 Å². The van der Waals surface area contributed by atoms with Crippen molar-refractivity contribution in [2.45, 2.75) is 39.0 Å². The van der Waals surface area contributed by atoms with Crippen molar-refractivity contribution in [2.24, 2.45) is 0 Å². The Bertz CT molecular complexity index is 631. The summed E-state index contributed by atoms with van der Waals surface area (Å²) in [6.07, 6.45) is 1.09. The number of aryl methyl sites for hydroxylation is 2. The first-order valence-corrected chi connectivity index (χ1v) is 7.34. The summed E-state index contributed by atoms with van der Waals surface area (Å²) >= 11 is 0. The second kappa shape index (κ2) is 6.13. The highest BCUT2D eigenvalue weighted by Gasteiger charge is 2.38. The Kier molecular flexibility index (Phi) is 4.46. The van der Waals surface area contributed by atoms with Gasteiger partial charge >= 0.3 is 5.97 Å². The summed E-state index contributed by atoms with van der Waals surface area (Å²) in [5.74, 6) is -0.753. The summed E-state index contributed by atoms with van der Waals surface area (Å²) in [6, 6.07) is 15.8. The topological polar surface area (TPSA) is 37.3 Å². The highest BCUT2D eigenvalue weighted by atomic mass is 16.4. The normalized spacial score (nSPS) is 13.7. The van der Waals surface area contributed by atoms with Crippen molar-refractivity contribution in [3.8, 4) is 0 Å². The highest BCUT2D eigenvalue weighted by molar-refractivity contribution is 5.82. The smallest absolute Gasteiger partial charge is 0.314 e. The summed E-state index contributed by atoms with van der Waals surface area (Å²) in [6.45, 7) is 6.04. The van der Waals surface area contributed by atoms with Gasteiger partial charge in [0.25, 0.3) is 0 Å². The zero-order chi connectivity index (χ0) is 15.5. The minimum Gasteiger partial charge on any atom is -0.481 e. The van der Waals surface area contributed by atoms with Gasteiger partial charge in [-0.25, -0.2) is 0 Å². The van der Waals surface area contributed by atoms with Gasteiger partial charge in [0.1, 0.15) is 0 Å². The molecular formula is C19H22O2. The number of carboxylic acid groups (broad SMARTS) is 1. The summed E-state index contributed by atoms with van der Waals surface area (Å²) in [5.41, 5.74) is 3.44. The molecule has 1 unspecified atom stereocenters. The summed E-state index contributed by atoms with van der Waals surface area (Å²) in [7, 11) is 0. The van der Waals surface area contributed by atoms with E-state index in [0.29, 0.717) is 12.8 Å². The number of aliphatic carboxylic acids is 1. The average molecular weight is 282 g/mol. The average Bonchev–Trinajstić information content (AvgIpc) is 2.49. The number of rotatable bonds is 5. The fourth-order valence-electron chi connectivity index (χ4n) is 2.85. The second-order valence-corrected chi connectivity index (χ2v) is 5.71. The lowest BCUT2D eigenvalue weighted by molar-refractivity contribution is -0.144. The zero-order valence-electron chi connectivity index (χ0n) is 12.9. The Balaban J connectivity index is 2.51. The van der Waals surface area contributed by atoms with E-state index in [1.807, 2.05) is 51.1 Å². The van der Waals surface area contributed by atoms with Crippen LogP contribution in [0.1, 0.15) is 35.6 Å². The van der Waals surface area contributed by atoms with Gasteiger partial charge < -0.3 is 5.11 Å². The third-order valence-corrected chi connectivity index (χ3v) is 4.34. The molecule has 2 heteroatoms. The van der Waals surface area contributed by atoms with Gasteiger partial charge in [0, 0.05) is 0 Å². The monoisotopic (exact) mass is 282 g/mol. The van der Waals surface area contributed by atoms with Crippen LogP contribution >= 0.6 is 0 Å². The molecule has 0 saturated carbocycles. The number of hydrogen-bond donors (Lipinski definition) is 1. The van der Waals surface area contributed by atoms with Gasteiger partial charge in [-0.3, -0.25) is 4.79 Å². The Morgan fingerprint density at radius 2 is 1.76 bits per heavy atom. The standard InChI is InChI=1S/C19H22O2/c1-4-19(18(20)21,17-8-6-5-7-9-17)13-16-12-14(2)10-11-15(16)3/h5-12H,4,13H2,1-3H3,(H,20,21). The van der Waals surface area contributed by atoms with Crippen molar-refractivity contribution in [2.75, 3.05) is 0 Å². The predicted octanol–water partition coefficient (Wildman–Crippen LogP) is 4.28. The lowest BCUT2D eigenvalue weighted by Gasteiger charge is -2.29. The summed E-state index contributed by atoms with van der Waals surface area (Å²) in [4.78, 5) is 12.1. The van der Waals surface area contributed by atoms with Gasteiger partial charge in [-0.05, 0) is 43.4 Å². The Hall–Kier alpha value is -2.09. The molecular weight excluding hydrogens is 260 g/mol. The van der Waals surface area contributed by atoms with Crippen LogP contribution in [0, 0.1) is 13.8 Å². The highest BCUT2D eigenvalue weighted by Crippen LogP contribution is 2.33. The molecule has 2 aromatic rings. The zero-order valence-corrected chi connectivity index (χ0v) is 12.9. The fourth-order valence-corrected chi connectivity index (χ4v) is 2.85. The number of carbonyl (C=O) groups is 1. The van der Waals surface area contributed by atoms with Gasteiger partial charge in [-0.2, -0.15) is 0 Å². The van der Waals surface area contributed by atoms with Gasteiger partial charge in [0.2, 0.25) is 0 Å². The number of carboxylic acids is 1. The molecule has 2 nitrogen and oxygen atoms in total. The van der Waals surface area contributed by atoms with E-state index in [0.717, 1.165) is 16.7 Å². The molecule has 0 radical (unpaired) electrons. The first-order chi connectivity index (χ1) is 9.99. The van der Waals surface area contributed by atoms with Crippen LogP contribution in [0.2, 0.25) is 0 Å². The molecule has 1 atom stereocenters. The quantitative estimate of drug-likeness (QED) is 0.888. The molecule has 0 fully saturated rings. The summed E-state index contributed by atoms with van der Waals surface area (Å²) < 4.78 is 0. The van der Waals surface area contributed by atoms with Crippen LogP contribution in [-0.2, 0) is 16.6 Å². The van der Waals surface area contributed by atoms with Gasteiger partial charge in [0.05, 0.1) is 5.41 Å². The van der Waals surface area contributed by atoms with Gasteiger partial charge in [-0.15, -0.1) is 0 Å². The van der Waals surface area contributed by atoms with Crippen molar-refractivity contribution >= 4 is 5.97 Å². The molecule has 0 amide bonds. The lowest BCUT2D eigenvalue weighted by Crippen LogP contribution is -2.37. The van der Waals surface area contributed by atoms with Crippen LogP contribution in [0.15, 0.2) is 48.5 Å². The molecule has 2 aromatic carbocycles. The molecule has 0 bridgehead atoms. The van der Waals surface area contributed by atoms with E-state index < -0.39 is 11.4 Å². The Labute approximate surface area is 126 Å². The van der Waals surface area contributed by atoms with E-state index in [4.69, 9.17) is 0 Å². The van der Waals surface area contributed by atoms with Crippen LogP contribution in [0.4, 0.5) is 0 Å². The molecule has 0 spiro atoms. The van der Waals surface area contributed by atoms with Crippen LogP contribution in [-0.4, -0.2) is 11.1 Å². The van der Waals surface area contributed by atoms with Crippen molar-refractivity contribution in [1.29, 1.82) is 0 Å². The molecule has 2 rings (SSSR count). The van der Waals surface area contributed by atoms with Crippen molar-refractivity contribution in [1.82, 2.24) is 0 Å². The maximum absolute atomic E-state index is 12.1. The van der Waals surface area contributed by atoms with E-state index in [2.05, 4.69) is 18.2 Å². The van der Waals surface area contributed by atoms with Gasteiger partial charge in [0.15, 0.2) is 0 Å². The maximum atomic E-state index is 12.1. The van der Waals surface area contributed by atoms with Crippen molar-refractivity contribution in [3.05, 3.63) is 70.8 Å². The third kappa shape index (κ3) is 2.99. The van der Waals surface area contributed by atoms with Crippen molar-refractivity contribution < 1.29 is 9.90 Å². The second-order valence-electron chi connectivity index (χ2n) is 5.71. The minimum atomic E-state index is -0.861. The molecule has 1 N–H and O–H groups in total. The molecule has 0 aromatic heterocycles. The lowest BCUT2D eigenvalue weighted by atomic mass is 9.73. The number of benzene rings is 2. The fraction of sp³-hybridized carbons (Fsp3) is 0.316. The van der Waals surface area contributed by atoms with Crippen molar-refractivity contribution in [3.63, 3.8) is 0 Å². The van der Waals surface area contributed by atoms with E-state index in [1.54, 1.807) is 0 Å². The molecule has 0 saturated heterocycles. The molecule has 21 heavy (non-hydrogen) atoms. The van der Waals surface area contributed by atoms with Crippen LogP contribution in [0.5, 0.6) is 0 Å². The summed E-state index contributed by atoms with van der Waals surface area (Å²) in [5, 5.41) is 9.90. The van der Waals surface area contributed by atoms with E-state index in [1.165, 1.54) is 5.56 Å². The molecule has 0 aliphatic rings. The van der Waals surface area contributed by atoms with E-state index >= 15 is 0 Å². The molecule has 110 valence electrons. The SMILES string of the molecule is CCC(Cc1cc(C)ccc1C)(C(=O)O)c1ccccc1. The molecule has 0 aliphatic heterocycles. The Morgan fingerprint density at radius 3 is 2.33 bits per heavy atom. The van der Waals surface area contributed by atoms with Crippen LogP contribution in [0.3, 0.4) is 0 Å². The largest absolute Gasteiger partial charge is 0.481 e. The maximum Gasteiger partial charge on any atom is 0.314 e. The number of hydrogen-bond acceptors (Lipinski definition) is 1. The minimum absolute atomic E-state index is 0.524. The first-order valence-electron chi connectivity index (χ1n) is 7.34.